The summed E-state index contributed by atoms with van der Waals surface area (Å²) in [5, 5.41) is 10.6. The van der Waals surface area contributed by atoms with Crippen molar-refractivity contribution in [3.8, 4) is 5.75 Å². The average molecular weight is 326 g/mol. The normalized spacial score (nSPS) is 10.2. The highest BCUT2D eigenvalue weighted by Crippen LogP contribution is 2.26. The largest absolute Gasteiger partial charge is 0.488 e. The molecule has 0 fully saturated rings. The number of halogens is 2. The molecule has 19 heavy (non-hydrogen) atoms. The fourth-order valence-corrected chi connectivity index (χ4v) is 1.94. The summed E-state index contributed by atoms with van der Waals surface area (Å²) in [6.45, 7) is -0.0733. The number of ether oxygens (including phenoxy) is 1. The SMILES string of the molecule is O=[N+]([O-])c1cccc(COc2ccccc2Br)c1F. The molecule has 0 bridgehead atoms. The van der Waals surface area contributed by atoms with Gasteiger partial charge in [-0.3, -0.25) is 10.1 Å². The van der Waals surface area contributed by atoms with Crippen LogP contribution >= 0.6 is 15.9 Å². The third-order valence-corrected chi connectivity index (χ3v) is 3.13. The first kappa shape index (κ1) is 13.5. The molecule has 0 amide bonds. The lowest BCUT2D eigenvalue weighted by molar-refractivity contribution is -0.387. The van der Waals surface area contributed by atoms with Crippen molar-refractivity contribution >= 4 is 21.6 Å². The van der Waals surface area contributed by atoms with Gasteiger partial charge in [-0.05, 0) is 28.1 Å². The summed E-state index contributed by atoms with van der Waals surface area (Å²) in [4.78, 5) is 9.87. The molecule has 4 nitrogen and oxygen atoms in total. The van der Waals surface area contributed by atoms with Crippen LogP contribution in [0.1, 0.15) is 5.56 Å². The van der Waals surface area contributed by atoms with Gasteiger partial charge in [0.1, 0.15) is 12.4 Å². The molecular weight excluding hydrogens is 317 g/mol. The highest BCUT2D eigenvalue weighted by Gasteiger charge is 2.17. The highest BCUT2D eigenvalue weighted by molar-refractivity contribution is 9.10. The fraction of sp³-hybridized carbons (Fsp3) is 0.0769. The minimum atomic E-state index is -0.862. The van der Waals surface area contributed by atoms with Crippen molar-refractivity contribution in [3.63, 3.8) is 0 Å². The number of hydrogen-bond donors (Lipinski definition) is 0. The van der Waals surface area contributed by atoms with Crippen LogP contribution in [0.3, 0.4) is 0 Å². The molecule has 98 valence electrons. The van der Waals surface area contributed by atoms with Gasteiger partial charge < -0.3 is 4.74 Å². The molecule has 0 N–H and O–H groups in total. The molecule has 2 aromatic rings. The van der Waals surface area contributed by atoms with Crippen molar-refractivity contribution in [2.24, 2.45) is 0 Å². The maximum absolute atomic E-state index is 13.8. The van der Waals surface area contributed by atoms with Gasteiger partial charge in [-0.2, -0.15) is 4.39 Å². The second kappa shape index (κ2) is 5.79. The molecule has 0 aliphatic carbocycles. The summed E-state index contributed by atoms with van der Waals surface area (Å²) in [6.07, 6.45) is 0. The second-order valence-electron chi connectivity index (χ2n) is 3.73. The van der Waals surface area contributed by atoms with Crippen LogP contribution in [0.15, 0.2) is 46.9 Å². The molecule has 0 saturated heterocycles. The van der Waals surface area contributed by atoms with Crippen LogP contribution in [0.4, 0.5) is 10.1 Å². The predicted molar refractivity (Wildman–Crippen MR) is 71.5 cm³/mol. The summed E-state index contributed by atoms with van der Waals surface area (Å²) in [6, 6.07) is 11.1. The van der Waals surface area contributed by atoms with Crippen molar-refractivity contribution in [3.05, 3.63) is 68.4 Å². The van der Waals surface area contributed by atoms with Crippen LogP contribution in [0.25, 0.3) is 0 Å². The number of hydrogen-bond acceptors (Lipinski definition) is 3. The minimum absolute atomic E-state index is 0.0733. The monoisotopic (exact) mass is 325 g/mol. The van der Waals surface area contributed by atoms with Crippen molar-refractivity contribution in [2.75, 3.05) is 0 Å². The van der Waals surface area contributed by atoms with E-state index >= 15 is 0 Å². The molecule has 0 heterocycles. The number of rotatable bonds is 4. The number of nitro groups is 1. The van der Waals surface area contributed by atoms with Crippen LogP contribution < -0.4 is 4.74 Å². The predicted octanol–water partition coefficient (Wildman–Crippen LogP) is 4.08. The number of nitrogens with zero attached hydrogens (tertiary/aromatic N) is 1. The molecule has 0 aliphatic rings. The van der Waals surface area contributed by atoms with Crippen molar-refractivity contribution in [2.45, 2.75) is 6.61 Å². The lowest BCUT2D eigenvalue weighted by Gasteiger charge is -2.08. The summed E-state index contributed by atoms with van der Waals surface area (Å²) in [5.41, 5.74) is -0.404. The first-order chi connectivity index (χ1) is 9.09. The van der Waals surface area contributed by atoms with Gasteiger partial charge in [0.2, 0.25) is 5.82 Å². The van der Waals surface area contributed by atoms with E-state index in [0.29, 0.717) is 5.75 Å². The molecule has 0 aromatic heterocycles. The molecule has 0 unspecified atom stereocenters. The summed E-state index contributed by atoms with van der Waals surface area (Å²) >= 11 is 3.30. The Labute approximate surface area is 117 Å². The lowest BCUT2D eigenvalue weighted by atomic mass is 10.2. The third kappa shape index (κ3) is 3.08. The van der Waals surface area contributed by atoms with Gasteiger partial charge in [0.15, 0.2) is 0 Å². The van der Waals surface area contributed by atoms with E-state index in [1.54, 1.807) is 18.2 Å². The highest BCUT2D eigenvalue weighted by atomic mass is 79.9. The zero-order valence-corrected chi connectivity index (χ0v) is 11.3. The summed E-state index contributed by atoms with van der Waals surface area (Å²) < 4.78 is 20.0. The van der Waals surface area contributed by atoms with Crippen molar-refractivity contribution < 1.29 is 14.1 Å². The lowest BCUT2D eigenvalue weighted by Crippen LogP contribution is -2.02. The van der Waals surface area contributed by atoms with E-state index in [1.807, 2.05) is 6.07 Å². The molecule has 0 spiro atoms. The first-order valence-corrected chi connectivity index (χ1v) is 6.18. The molecule has 2 rings (SSSR count). The third-order valence-electron chi connectivity index (χ3n) is 2.47. The molecule has 0 atom stereocenters. The quantitative estimate of drug-likeness (QED) is 0.628. The van der Waals surface area contributed by atoms with E-state index < -0.39 is 16.4 Å². The Morgan fingerprint density at radius 1 is 1.21 bits per heavy atom. The fourth-order valence-electron chi connectivity index (χ4n) is 1.54. The molecular formula is C13H9BrFNO3. The average Bonchev–Trinajstić information content (AvgIpc) is 2.39. The Hall–Kier alpha value is -1.95. The number of nitro benzene ring substituents is 1. The van der Waals surface area contributed by atoms with Gasteiger partial charge in [0, 0.05) is 11.6 Å². The Bertz CT molecular complexity index is 619. The van der Waals surface area contributed by atoms with Gasteiger partial charge in [-0.1, -0.05) is 24.3 Å². The van der Waals surface area contributed by atoms with E-state index in [1.165, 1.54) is 12.1 Å². The van der Waals surface area contributed by atoms with Gasteiger partial charge >= 0.3 is 5.69 Å². The van der Waals surface area contributed by atoms with Crippen molar-refractivity contribution in [1.29, 1.82) is 0 Å². The summed E-state index contributed by atoms with van der Waals surface area (Å²) in [7, 11) is 0. The molecule has 0 saturated carbocycles. The smallest absolute Gasteiger partial charge is 0.305 e. The number of benzene rings is 2. The van der Waals surface area contributed by atoms with Gasteiger partial charge in [-0.25, -0.2) is 0 Å². The van der Waals surface area contributed by atoms with Gasteiger partial charge in [-0.15, -0.1) is 0 Å². The Kier molecular flexibility index (Phi) is 4.11. The zero-order chi connectivity index (χ0) is 13.8. The molecule has 2 aromatic carbocycles. The van der Waals surface area contributed by atoms with Crippen LogP contribution in [0.2, 0.25) is 0 Å². The second-order valence-corrected chi connectivity index (χ2v) is 4.58. The minimum Gasteiger partial charge on any atom is -0.488 e. The van der Waals surface area contributed by atoms with E-state index in [4.69, 9.17) is 4.74 Å². The number of para-hydroxylation sites is 1. The summed E-state index contributed by atoms with van der Waals surface area (Å²) in [5.74, 6) is -0.312. The van der Waals surface area contributed by atoms with E-state index in [2.05, 4.69) is 15.9 Å². The van der Waals surface area contributed by atoms with Gasteiger partial charge in [0.05, 0.1) is 9.40 Å². The van der Waals surface area contributed by atoms with E-state index in [9.17, 15) is 14.5 Å². The topological polar surface area (TPSA) is 52.4 Å². The van der Waals surface area contributed by atoms with Crippen LogP contribution in [0, 0.1) is 15.9 Å². The van der Waals surface area contributed by atoms with E-state index in [0.717, 1.165) is 10.5 Å². The van der Waals surface area contributed by atoms with Crippen molar-refractivity contribution in [1.82, 2.24) is 0 Å². The molecule has 0 aliphatic heterocycles. The standard InChI is InChI=1S/C13H9BrFNO3/c14-10-5-1-2-7-12(10)19-8-9-4-3-6-11(13(9)15)16(17)18/h1-7H,8H2. The molecule has 0 radical (unpaired) electrons. The molecule has 6 heteroatoms. The first-order valence-electron chi connectivity index (χ1n) is 5.38. The van der Waals surface area contributed by atoms with E-state index in [-0.39, 0.29) is 12.2 Å². The van der Waals surface area contributed by atoms with Crippen LogP contribution in [-0.2, 0) is 6.61 Å². The Morgan fingerprint density at radius 3 is 2.63 bits per heavy atom. The maximum atomic E-state index is 13.8. The van der Waals surface area contributed by atoms with Crippen LogP contribution in [0.5, 0.6) is 5.75 Å². The van der Waals surface area contributed by atoms with Gasteiger partial charge in [0.25, 0.3) is 0 Å². The Morgan fingerprint density at radius 2 is 1.95 bits per heavy atom. The Balaban J connectivity index is 2.19. The maximum Gasteiger partial charge on any atom is 0.305 e. The van der Waals surface area contributed by atoms with Crippen LogP contribution in [-0.4, -0.2) is 4.92 Å². The zero-order valence-electron chi connectivity index (χ0n) is 9.68.